The SMILES string of the molecule is C=C(C)CNCO. The lowest BCUT2D eigenvalue weighted by atomic mass is 10.4. The van der Waals surface area contributed by atoms with Gasteiger partial charge in [-0.25, -0.2) is 0 Å². The summed E-state index contributed by atoms with van der Waals surface area (Å²) in [5, 5.41) is 10.9. The van der Waals surface area contributed by atoms with Crippen molar-refractivity contribution in [2.75, 3.05) is 13.3 Å². The second kappa shape index (κ2) is 3.84. The average Bonchev–Trinajstić information content (AvgIpc) is 1.61. The zero-order valence-electron chi connectivity index (χ0n) is 4.57. The van der Waals surface area contributed by atoms with Crippen LogP contribution in [0.3, 0.4) is 0 Å². The Morgan fingerprint density at radius 2 is 2.43 bits per heavy atom. The first-order valence-electron chi connectivity index (χ1n) is 2.23. The van der Waals surface area contributed by atoms with Crippen LogP contribution >= 0.6 is 0 Å². The van der Waals surface area contributed by atoms with E-state index in [0.717, 1.165) is 5.57 Å². The smallest absolute Gasteiger partial charge is 0.0934 e. The molecular weight excluding hydrogens is 90.1 g/mol. The molecule has 0 saturated carbocycles. The summed E-state index contributed by atoms with van der Waals surface area (Å²) in [6.07, 6.45) is 0. The quantitative estimate of drug-likeness (QED) is 0.390. The summed E-state index contributed by atoms with van der Waals surface area (Å²) in [7, 11) is 0. The number of hydrogen-bond donors (Lipinski definition) is 2. The molecule has 0 aromatic rings. The molecule has 7 heavy (non-hydrogen) atoms. The van der Waals surface area contributed by atoms with Crippen LogP contribution in [-0.2, 0) is 0 Å². The summed E-state index contributed by atoms with van der Waals surface area (Å²) in [5.41, 5.74) is 1.04. The highest BCUT2D eigenvalue weighted by molar-refractivity contribution is 4.89. The van der Waals surface area contributed by atoms with Crippen molar-refractivity contribution in [3.63, 3.8) is 0 Å². The predicted octanol–water partition coefficient (Wildman–Crippen LogP) is 0.102. The lowest BCUT2D eigenvalue weighted by Crippen LogP contribution is -2.16. The lowest BCUT2D eigenvalue weighted by Gasteiger charge is -1.95. The normalized spacial score (nSPS) is 8.86. The summed E-state index contributed by atoms with van der Waals surface area (Å²) in [5.74, 6) is 0. The van der Waals surface area contributed by atoms with Crippen LogP contribution in [0.5, 0.6) is 0 Å². The third-order valence-corrected chi connectivity index (χ3v) is 0.539. The number of hydrogen-bond acceptors (Lipinski definition) is 2. The van der Waals surface area contributed by atoms with Crippen LogP contribution in [0.4, 0.5) is 0 Å². The summed E-state index contributed by atoms with van der Waals surface area (Å²) in [4.78, 5) is 0. The molecule has 0 unspecified atom stereocenters. The van der Waals surface area contributed by atoms with Gasteiger partial charge >= 0.3 is 0 Å². The highest BCUT2D eigenvalue weighted by Crippen LogP contribution is 1.78. The molecule has 0 bridgehead atoms. The van der Waals surface area contributed by atoms with Gasteiger partial charge in [-0.3, -0.25) is 5.32 Å². The Morgan fingerprint density at radius 1 is 1.86 bits per heavy atom. The maximum absolute atomic E-state index is 8.16. The van der Waals surface area contributed by atoms with Crippen molar-refractivity contribution in [1.82, 2.24) is 5.32 Å². The Bertz CT molecular complexity index is 61.1. The van der Waals surface area contributed by atoms with Crippen LogP contribution in [-0.4, -0.2) is 18.4 Å². The second-order valence-corrected chi connectivity index (χ2v) is 1.54. The Labute approximate surface area is 43.9 Å². The van der Waals surface area contributed by atoms with Crippen LogP contribution in [0.1, 0.15) is 6.92 Å². The molecule has 0 aliphatic heterocycles. The number of nitrogens with one attached hydrogen (secondary N) is 1. The van der Waals surface area contributed by atoms with E-state index in [9.17, 15) is 0 Å². The van der Waals surface area contributed by atoms with Crippen molar-refractivity contribution >= 4 is 0 Å². The van der Waals surface area contributed by atoms with E-state index in [1.165, 1.54) is 0 Å². The van der Waals surface area contributed by atoms with E-state index >= 15 is 0 Å². The van der Waals surface area contributed by atoms with Crippen molar-refractivity contribution in [3.05, 3.63) is 12.2 Å². The zero-order chi connectivity index (χ0) is 5.70. The maximum atomic E-state index is 8.16. The summed E-state index contributed by atoms with van der Waals surface area (Å²) < 4.78 is 0. The molecule has 2 N–H and O–H groups in total. The van der Waals surface area contributed by atoms with E-state index < -0.39 is 0 Å². The summed E-state index contributed by atoms with van der Waals surface area (Å²) in [6.45, 7) is 6.26. The Hall–Kier alpha value is -0.340. The van der Waals surface area contributed by atoms with Crippen LogP contribution in [0, 0.1) is 0 Å². The van der Waals surface area contributed by atoms with Crippen molar-refractivity contribution in [2.45, 2.75) is 6.92 Å². The third kappa shape index (κ3) is 5.66. The molecule has 0 heterocycles. The van der Waals surface area contributed by atoms with Gasteiger partial charge < -0.3 is 5.11 Å². The van der Waals surface area contributed by atoms with Crippen LogP contribution < -0.4 is 5.32 Å². The van der Waals surface area contributed by atoms with E-state index in [1.54, 1.807) is 0 Å². The van der Waals surface area contributed by atoms with Crippen molar-refractivity contribution in [3.8, 4) is 0 Å². The van der Waals surface area contributed by atoms with Gasteiger partial charge in [-0.1, -0.05) is 12.2 Å². The minimum Gasteiger partial charge on any atom is -0.381 e. The van der Waals surface area contributed by atoms with Gasteiger partial charge in [0.15, 0.2) is 0 Å². The summed E-state index contributed by atoms with van der Waals surface area (Å²) in [6, 6.07) is 0. The fourth-order valence-electron chi connectivity index (χ4n) is 0.269. The van der Waals surface area contributed by atoms with Crippen LogP contribution in [0.2, 0.25) is 0 Å². The highest BCUT2D eigenvalue weighted by atomic mass is 16.3. The van der Waals surface area contributed by atoms with Gasteiger partial charge in [0, 0.05) is 6.54 Å². The minimum absolute atomic E-state index is 0.0346. The molecule has 2 heteroatoms. The molecule has 42 valence electrons. The van der Waals surface area contributed by atoms with Gasteiger partial charge in [-0.05, 0) is 6.92 Å². The predicted molar refractivity (Wildman–Crippen MR) is 29.9 cm³/mol. The average molecular weight is 101 g/mol. The molecule has 0 spiro atoms. The van der Waals surface area contributed by atoms with E-state index in [0.29, 0.717) is 6.54 Å². The molecule has 2 nitrogen and oxygen atoms in total. The molecule has 0 aliphatic carbocycles. The fourth-order valence-corrected chi connectivity index (χ4v) is 0.269. The molecule has 0 atom stereocenters. The largest absolute Gasteiger partial charge is 0.381 e. The van der Waals surface area contributed by atoms with Gasteiger partial charge in [0.1, 0.15) is 0 Å². The van der Waals surface area contributed by atoms with Gasteiger partial charge in [-0.15, -0.1) is 0 Å². The first-order chi connectivity index (χ1) is 3.27. The highest BCUT2D eigenvalue weighted by Gasteiger charge is 1.78. The second-order valence-electron chi connectivity index (χ2n) is 1.54. The third-order valence-electron chi connectivity index (χ3n) is 0.539. The molecule has 0 aliphatic rings. The zero-order valence-corrected chi connectivity index (χ0v) is 4.57. The van der Waals surface area contributed by atoms with Gasteiger partial charge in [-0.2, -0.15) is 0 Å². The van der Waals surface area contributed by atoms with Crippen molar-refractivity contribution < 1.29 is 5.11 Å². The molecule has 0 rings (SSSR count). The number of aliphatic hydroxyl groups excluding tert-OH is 1. The van der Waals surface area contributed by atoms with E-state index in [2.05, 4.69) is 11.9 Å². The Kier molecular flexibility index (Phi) is 3.65. The van der Waals surface area contributed by atoms with Gasteiger partial charge in [0.05, 0.1) is 6.73 Å². The monoisotopic (exact) mass is 101 g/mol. The molecule has 0 radical (unpaired) electrons. The fraction of sp³-hybridized carbons (Fsp3) is 0.600. The molecule has 0 aromatic heterocycles. The molecule has 0 amide bonds. The maximum Gasteiger partial charge on any atom is 0.0934 e. The first-order valence-corrected chi connectivity index (χ1v) is 2.23. The van der Waals surface area contributed by atoms with Crippen LogP contribution in [0.15, 0.2) is 12.2 Å². The molecule has 0 fully saturated rings. The topological polar surface area (TPSA) is 32.3 Å². The first kappa shape index (κ1) is 6.66. The lowest BCUT2D eigenvalue weighted by molar-refractivity contribution is 0.266. The Morgan fingerprint density at radius 3 is 2.57 bits per heavy atom. The van der Waals surface area contributed by atoms with Crippen molar-refractivity contribution in [2.24, 2.45) is 0 Å². The van der Waals surface area contributed by atoms with Crippen LogP contribution in [0.25, 0.3) is 0 Å². The van der Waals surface area contributed by atoms with E-state index in [4.69, 9.17) is 5.11 Å². The van der Waals surface area contributed by atoms with E-state index in [1.807, 2.05) is 6.92 Å². The van der Waals surface area contributed by atoms with Crippen molar-refractivity contribution in [1.29, 1.82) is 0 Å². The standard InChI is InChI=1S/C5H11NO/c1-5(2)3-6-4-7/h6-7H,1,3-4H2,2H3. The van der Waals surface area contributed by atoms with Gasteiger partial charge in [0.2, 0.25) is 0 Å². The van der Waals surface area contributed by atoms with E-state index in [-0.39, 0.29) is 6.73 Å². The molecule has 0 aromatic carbocycles. The number of aliphatic hydroxyl groups is 1. The molecule has 0 saturated heterocycles. The molecular formula is C5H11NO. The Balaban J connectivity index is 2.82. The van der Waals surface area contributed by atoms with Gasteiger partial charge in [0.25, 0.3) is 0 Å². The summed E-state index contributed by atoms with van der Waals surface area (Å²) >= 11 is 0. The minimum atomic E-state index is 0.0346. The number of rotatable bonds is 3.